The topological polar surface area (TPSA) is 63.6 Å². The van der Waals surface area contributed by atoms with E-state index >= 15 is 0 Å². The van der Waals surface area contributed by atoms with Crippen LogP contribution >= 0.6 is 0 Å². The van der Waals surface area contributed by atoms with Crippen molar-refractivity contribution in [1.29, 1.82) is 0 Å². The van der Waals surface area contributed by atoms with E-state index in [4.69, 9.17) is 4.74 Å². The predicted molar refractivity (Wildman–Crippen MR) is 141 cm³/mol. The molecule has 178 valence electrons. The maximum atomic E-state index is 15.0. The molecule has 1 aliphatic rings. The van der Waals surface area contributed by atoms with Crippen LogP contribution in [0.4, 0.5) is 15.8 Å². The Labute approximate surface area is 206 Å². The van der Waals surface area contributed by atoms with Crippen molar-refractivity contribution in [2.45, 2.75) is 6.92 Å². The van der Waals surface area contributed by atoms with Crippen molar-refractivity contribution in [2.75, 3.05) is 24.3 Å². The molecular weight excluding hydrogens is 457 g/mol. The number of halogens is 1. The number of aromatic nitrogens is 1. The van der Waals surface area contributed by atoms with Gasteiger partial charge in [-0.2, -0.15) is 0 Å². The first-order chi connectivity index (χ1) is 17.3. The molecule has 1 aromatic heterocycles. The third-order valence-corrected chi connectivity index (χ3v) is 6.64. The Kier molecular flexibility index (Phi) is 4.83. The molecule has 1 amide bonds. The molecule has 7 heteroatoms. The largest absolute Gasteiger partial charge is 0.452 e. The summed E-state index contributed by atoms with van der Waals surface area (Å²) in [5.41, 5.74) is 2.29. The first-order valence-corrected chi connectivity index (χ1v) is 11.5. The number of nitrogens with zero attached hydrogens (tertiary/aromatic N) is 2. The molecule has 0 radical (unpaired) electrons. The molecule has 0 saturated carbocycles. The van der Waals surface area contributed by atoms with E-state index in [0.717, 1.165) is 16.5 Å². The van der Waals surface area contributed by atoms with E-state index in [-0.39, 0.29) is 16.7 Å². The summed E-state index contributed by atoms with van der Waals surface area (Å²) in [6.45, 7) is 1.62. The Hall–Kier alpha value is -4.65. The second kappa shape index (κ2) is 7.95. The summed E-state index contributed by atoms with van der Waals surface area (Å²) in [5.74, 6) is -0.316. The fourth-order valence-corrected chi connectivity index (χ4v) is 4.67. The molecule has 0 aliphatic carbocycles. The van der Waals surface area contributed by atoms with E-state index in [1.54, 1.807) is 23.6 Å². The molecule has 5 aromatic rings. The van der Waals surface area contributed by atoms with E-state index in [0.29, 0.717) is 28.2 Å². The number of amides is 1. The zero-order chi connectivity index (χ0) is 25.1. The van der Waals surface area contributed by atoms with Crippen LogP contribution in [0.2, 0.25) is 0 Å². The second-order valence-electron chi connectivity index (χ2n) is 9.08. The van der Waals surface area contributed by atoms with Gasteiger partial charge < -0.3 is 19.5 Å². The number of rotatable bonds is 3. The number of carbonyl (C=O) groups is 1. The number of nitrogens with one attached hydrogen (secondary N) is 1. The molecule has 4 aromatic carbocycles. The molecule has 0 bridgehead atoms. The van der Waals surface area contributed by atoms with Crippen molar-refractivity contribution in [1.82, 2.24) is 4.57 Å². The summed E-state index contributed by atoms with van der Waals surface area (Å²) in [5, 5.41) is 4.70. The van der Waals surface area contributed by atoms with Crippen LogP contribution in [0.3, 0.4) is 0 Å². The normalized spacial score (nSPS) is 11.8. The molecule has 0 fully saturated rings. The van der Waals surface area contributed by atoms with Crippen LogP contribution in [-0.2, 0) is 0 Å². The fourth-order valence-electron chi connectivity index (χ4n) is 4.67. The zero-order valence-corrected chi connectivity index (χ0v) is 19.9. The van der Waals surface area contributed by atoms with E-state index in [9.17, 15) is 14.0 Å². The molecule has 0 unspecified atom stereocenters. The molecule has 0 saturated heterocycles. The molecule has 6 nitrogen and oxygen atoms in total. The first-order valence-electron chi connectivity index (χ1n) is 11.5. The monoisotopic (exact) mass is 479 g/mol. The Balaban J connectivity index is 1.56. The van der Waals surface area contributed by atoms with Gasteiger partial charge in [0.05, 0.1) is 11.1 Å². The molecular formula is C29H22FN3O3. The smallest absolute Gasteiger partial charge is 0.261 e. The highest BCUT2D eigenvalue weighted by Gasteiger charge is 2.28. The Morgan fingerprint density at radius 2 is 1.72 bits per heavy atom. The van der Waals surface area contributed by atoms with Crippen LogP contribution < -0.4 is 20.4 Å². The van der Waals surface area contributed by atoms with E-state index in [1.165, 1.54) is 12.3 Å². The van der Waals surface area contributed by atoms with E-state index < -0.39 is 17.2 Å². The van der Waals surface area contributed by atoms with Crippen LogP contribution in [0.25, 0.3) is 27.4 Å². The van der Waals surface area contributed by atoms with Gasteiger partial charge in [0.25, 0.3) is 5.91 Å². The average molecular weight is 480 g/mol. The molecule has 0 atom stereocenters. The fraction of sp³-hybridized carbons (Fsp3) is 0.103. The van der Waals surface area contributed by atoms with Crippen LogP contribution in [-0.4, -0.2) is 24.6 Å². The Bertz CT molecular complexity index is 1770. The Morgan fingerprint density at radius 3 is 2.47 bits per heavy atom. The van der Waals surface area contributed by atoms with Gasteiger partial charge in [-0.3, -0.25) is 9.59 Å². The van der Waals surface area contributed by atoms with Crippen molar-refractivity contribution in [3.8, 4) is 17.2 Å². The van der Waals surface area contributed by atoms with Gasteiger partial charge in [0.15, 0.2) is 11.5 Å². The molecule has 1 N–H and O–H groups in total. The molecule has 36 heavy (non-hydrogen) atoms. The number of benzene rings is 4. The van der Waals surface area contributed by atoms with Crippen molar-refractivity contribution < 1.29 is 13.9 Å². The van der Waals surface area contributed by atoms with Crippen molar-refractivity contribution in [3.63, 3.8) is 0 Å². The van der Waals surface area contributed by atoms with Crippen molar-refractivity contribution in [3.05, 3.63) is 100 Å². The minimum Gasteiger partial charge on any atom is -0.452 e. The van der Waals surface area contributed by atoms with Crippen molar-refractivity contribution >= 4 is 39.0 Å². The van der Waals surface area contributed by atoms with Gasteiger partial charge in [-0.1, -0.05) is 30.3 Å². The van der Waals surface area contributed by atoms with Crippen molar-refractivity contribution in [2.24, 2.45) is 0 Å². The van der Waals surface area contributed by atoms with Gasteiger partial charge in [-0.05, 0) is 48.7 Å². The van der Waals surface area contributed by atoms with Gasteiger partial charge in [0.2, 0.25) is 5.43 Å². The van der Waals surface area contributed by atoms with Gasteiger partial charge in [0, 0.05) is 42.6 Å². The lowest BCUT2D eigenvalue weighted by Gasteiger charge is -2.26. The number of hydrogen-bond donors (Lipinski definition) is 1. The number of pyridine rings is 1. The number of hydrogen-bond acceptors (Lipinski definition) is 4. The van der Waals surface area contributed by atoms with Gasteiger partial charge in [-0.15, -0.1) is 0 Å². The molecule has 0 spiro atoms. The lowest BCUT2D eigenvalue weighted by Crippen LogP contribution is -2.25. The van der Waals surface area contributed by atoms with E-state index in [1.807, 2.05) is 67.5 Å². The summed E-state index contributed by atoms with van der Waals surface area (Å²) in [6, 6.07) is 20.0. The third-order valence-electron chi connectivity index (χ3n) is 6.64. The summed E-state index contributed by atoms with van der Waals surface area (Å²) < 4.78 is 23.0. The SMILES string of the molecule is Cc1c(F)cc2c(=O)c(C(=O)Nc3ccc(N(C)C)cc3)cn3c2c1Oc1c-3ccc2ccccc12. The van der Waals surface area contributed by atoms with Gasteiger partial charge in [-0.25, -0.2) is 4.39 Å². The minimum atomic E-state index is -0.570. The minimum absolute atomic E-state index is 0.0857. The van der Waals surface area contributed by atoms with E-state index in [2.05, 4.69) is 5.32 Å². The molecule has 2 heterocycles. The maximum absolute atomic E-state index is 15.0. The third kappa shape index (κ3) is 3.24. The summed E-state index contributed by atoms with van der Waals surface area (Å²) in [4.78, 5) is 28.7. The number of carbonyl (C=O) groups excluding carboxylic acids is 1. The summed E-state index contributed by atoms with van der Waals surface area (Å²) in [7, 11) is 3.85. The van der Waals surface area contributed by atoms with Crippen LogP contribution in [0.15, 0.2) is 77.7 Å². The van der Waals surface area contributed by atoms with Crippen LogP contribution in [0, 0.1) is 12.7 Å². The first kappa shape index (κ1) is 21.9. The highest BCUT2D eigenvalue weighted by Crippen LogP contribution is 2.45. The quantitative estimate of drug-likeness (QED) is 0.337. The number of fused-ring (bicyclic) bond motifs is 4. The summed E-state index contributed by atoms with van der Waals surface area (Å²) >= 11 is 0. The molecule has 6 rings (SSSR count). The maximum Gasteiger partial charge on any atom is 0.261 e. The van der Waals surface area contributed by atoms with Crippen LogP contribution in [0.5, 0.6) is 11.5 Å². The number of ether oxygens (including phenoxy) is 1. The number of anilines is 2. The summed E-state index contributed by atoms with van der Waals surface area (Å²) in [6.07, 6.45) is 1.52. The second-order valence-corrected chi connectivity index (χ2v) is 9.08. The Morgan fingerprint density at radius 1 is 0.972 bits per heavy atom. The van der Waals surface area contributed by atoms with Gasteiger partial charge in [0.1, 0.15) is 16.9 Å². The van der Waals surface area contributed by atoms with Crippen LogP contribution in [0.1, 0.15) is 15.9 Å². The lowest BCUT2D eigenvalue weighted by molar-refractivity contribution is 0.102. The van der Waals surface area contributed by atoms with Gasteiger partial charge >= 0.3 is 0 Å². The highest BCUT2D eigenvalue weighted by molar-refractivity contribution is 6.07. The zero-order valence-electron chi connectivity index (χ0n) is 19.9. The standard InChI is InChI=1S/C29H22FN3O3/c1-16-23(30)14-21-25-27(16)36-28-20-7-5-4-6-17(20)8-13-24(28)33(25)15-22(26(21)34)29(35)31-18-9-11-19(12-10-18)32(2)3/h4-15H,1-3H3,(H,31,35). The predicted octanol–water partition coefficient (Wildman–Crippen LogP) is 6.02. The molecule has 1 aliphatic heterocycles. The average Bonchev–Trinajstić information content (AvgIpc) is 2.88. The highest BCUT2D eigenvalue weighted by atomic mass is 19.1. The lowest BCUT2D eigenvalue weighted by atomic mass is 10.0.